The molecule has 0 fully saturated rings. The van der Waals surface area contributed by atoms with Crippen LogP contribution in [0.15, 0.2) is 166 Å². The lowest BCUT2D eigenvalue weighted by Gasteiger charge is -1.97. The van der Waals surface area contributed by atoms with Gasteiger partial charge in [0.2, 0.25) is 17.6 Å². The molecule has 0 saturated heterocycles. The molecule has 0 amide bonds. The topological polar surface area (TPSA) is 225 Å². The van der Waals surface area contributed by atoms with E-state index in [1.807, 2.05) is 151 Å². The van der Waals surface area contributed by atoms with Gasteiger partial charge in [-0.05, 0) is 77.9 Å². The minimum Gasteiger partial charge on any atom is -0.429 e. The fourth-order valence-corrected chi connectivity index (χ4v) is 5.59. The predicted molar refractivity (Wildman–Crippen MR) is 255 cm³/mol. The van der Waals surface area contributed by atoms with Crippen molar-refractivity contribution in [2.75, 3.05) is 0 Å². The molecule has 16 heteroatoms. The van der Waals surface area contributed by atoms with Gasteiger partial charge in [-0.15, -0.1) is 0 Å². The van der Waals surface area contributed by atoms with Crippen LogP contribution in [0.2, 0.25) is 0 Å². The van der Waals surface area contributed by atoms with E-state index < -0.39 is 5.95 Å². The Labute approximate surface area is 392 Å². The number of ether oxygens (including phenoxy) is 1. The zero-order valence-corrected chi connectivity index (χ0v) is 38.1. The Morgan fingerprint density at radius 2 is 1.06 bits per heavy atom. The Hall–Kier alpha value is -9.23. The number of pyridine rings is 3. The molecular formula is C52H47FN10O5. The lowest BCUT2D eigenvalue weighted by atomic mass is 10.1. The molecule has 342 valence electrons. The van der Waals surface area contributed by atoms with Crippen LogP contribution < -0.4 is 10.5 Å². The van der Waals surface area contributed by atoms with Crippen LogP contribution in [0.1, 0.15) is 44.8 Å². The summed E-state index contributed by atoms with van der Waals surface area (Å²) in [5.74, 6) is 1.97. The summed E-state index contributed by atoms with van der Waals surface area (Å²) in [6.07, 6.45) is 4.69. The molecule has 3 N–H and O–H groups in total. The first-order valence-corrected chi connectivity index (χ1v) is 20.7. The Morgan fingerprint density at radius 1 is 0.618 bits per heavy atom. The molecule has 5 heterocycles. The highest BCUT2D eigenvalue weighted by molar-refractivity contribution is 5.96. The zero-order chi connectivity index (χ0) is 48.8. The van der Waals surface area contributed by atoms with Crippen LogP contribution in [0.3, 0.4) is 0 Å². The highest BCUT2D eigenvalue weighted by atomic mass is 18.2. The Kier molecular flexibility index (Phi) is 18.5. The largest absolute Gasteiger partial charge is 0.429 e. The van der Waals surface area contributed by atoms with Gasteiger partial charge < -0.3 is 24.7 Å². The van der Waals surface area contributed by atoms with Gasteiger partial charge in [-0.25, -0.2) is 4.98 Å². The summed E-state index contributed by atoms with van der Waals surface area (Å²) in [6.45, 7) is 12.2. The quantitative estimate of drug-likeness (QED) is 0.0379. The molecule has 0 saturated carbocycles. The SMILES string of the molecule is Cc1cc(OC=O)ccn1.Cc1ccc(-c2noc(-c3ccnc(C)c3)n2)cc1.Cc1ccc(-c2noc(-c3ccnc([18F])c3)n2)cc1.Cc1ccc(/C(N)=N/O)cc1.Cc1ccc(C#N)cc1. The van der Waals surface area contributed by atoms with Gasteiger partial charge in [-0.3, -0.25) is 14.8 Å². The van der Waals surface area contributed by atoms with Crippen molar-refractivity contribution < 1.29 is 28.2 Å². The molecule has 0 aliphatic rings. The number of nitriles is 1. The lowest BCUT2D eigenvalue weighted by molar-refractivity contribution is -0.120. The Balaban J connectivity index is 0.000000165. The van der Waals surface area contributed by atoms with Crippen LogP contribution in [-0.2, 0) is 4.79 Å². The van der Waals surface area contributed by atoms with E-state index in [0.717, 1.165) is 50.3 Å². The number of halogens is 1. The number of carbonyl (C=O) groups is 1. The van der Waals surface area contributed by atoms with Crippen molar-refractivity contribution in [1.29, 1.82) is 5.26 Å². The van der Waals surface area contributed by atoms with Gasteiger partial charge in [0.05, 0.1) is 11.6 Å². The second kappa shape index (κ2) is 25.3. The van der Waals surface area contributed by atoms with Crippen molar-refractivity contribution in [3.8, 4) is 57.5 Å². The molecule has 0 bridgehead atoms. The van der Waals surface area contributed by atoms with Crippen LogP contribution in [0.25, 0.3) is 45.7 Å². The average molecular weight is 910 g/mol. The number of oxime groups is 1. The number of nitrogens with two attached hydrogens (primary N) is 1. The maximum atomic E-state index is 13.0. The van der Waals surface area contributed by atoms with Crippen molar-refractivity contribution >= 4 is 12.3 Å². The molecule has 15 nitrogen and oxygen atoms in total. The van der Waals surface area contributed by atoms with Gasteiger partial charge in [0.1, 0.15) is 5.75 Å². The zero-order valence-electron chi connectivity index (χ0n) is 38.1. The summed E-state index contributed by atoms with van der Waals surface area (Å²) < 4.78 is 28.0. The summed E-state index contributed by atoms with van der Waals surface area (Å²) in [7, 11) is 0. The van der Waals surface area contributed by atoms with Crippen LogP contribution in [0, 0.1) is 58.8 Å². The number of amidine groups is 1. The summed E-state index contributed by atoms with van der Waals surface area (Å²) in [5, 5.41) is 27.5. The van der Waals surface area contributed by atoms with Crippen molar-refractivity contribution in [3.05, 3.63) is 203 Å². The van der Waals surface area contributed by atoms with Gasteiger partial charge in [0.15, 0.2) is 5.84 Å². The van der Waals surface area contributed by atoms with E-state index in [0.29, 0.717) is 35.3 Å². The molecule has 4 aromatic carbocycles. The first-order chi connectivity index (χ1) is 32.8. The number of aromatic nitrogens is 7. The molecule has 0 atom stereocenters. The molecule has 0 aliphatic heterocycles. The second-order valence-corrected chi connectivity index (χ2v) is 14.8. The molecule has 0 aliphatic carbocycles. The molecule has 9 rings (SSSR count). The highest BCUT2D eigenvalue weighted by Gasteiger charge is 2.12. The number of nitrogens with zero attached hydrogens (tertiary/aromatic N) is 9. The van der Waals surface area contributed by atoms with Gasteiger partial charge in [-0.2, -0.15) is 19.6 Å². The third kappa shape index (κ3) is 15.8. The minimum absolute atomic E-state index is 0.144. The number of hydrogen-bond donors (Lipinski definition) is 2. The van der Waals surface area contributed by atoms with E-state index >= 15 is 0 Å². The number of benzene rings is 4. The normalized spacial score (nSPS) is 10.2. The molecule has 5 aromatic heterocycles. The van der Waals surface area contributed by atoms with Crippen LogP contribution in [0.4, 0.5) is 4.39 Å². The van der Waals surface area contributed by atoms with E-state index in [9.17, 15) is 9.18 Å². The van der Waals surface area contributed by atoms with Crippen LogP contribution in [0.5, 0.6) is 5.75 Å². The summed E-state index contributed by atoms with van der Waals surface area (Å²) in [6, 6.07) is 42.8. The molecule has 9 aromatic rings. The number of rotatable bonds is 7. The van der Waals surface area contributed by atoms with Crippen molar-refractivity contribution in [2.24, 2.45) is 10.9 Å². The lowest BCUT2D eigenvalue weighted by Crippen LogP contribution is -2.12. The number of hydrogen-bond acceptors (Lipinski definition) is 14. The molecule has 0 radical (unpaired) electrons. The van der Waals surface area contributed by atoms with Crippen molar-refractivity contribution in [1.82, 2.24) is 35.2 Å². The summed E-state index contributed by atoms with van der Waals surface area (Å²) >= 11 is 0. The van der Waals surface area contributed by atoms with E-state index in [1.165, 1.54) is 23.4 Å². The smallest absolute Gasteiger partial charge is 0.298 e. The van der Waals surface area contributed by atoms with Crippen molar-refractivity contribution in [3.63, 3.8) is 0 Å². The van der Waals surface area contributed by atoms with Gasteiger partial charge in [0.25, 0.3) is 18.3 Å². The van der Waals surface area contributed by atoms with E-state index in [1.54, 1.807) is 30.6 Å². The van der Waals surface area contributed by atoms with Crippen LogP contribution >= 0.6 is 0 Å². The average Bonchev–Trinajstić information content (AvgIpc) is 4.06. The van der Waals surface area contributed by atoms with Crippen LogP contribution in [-0.4, -0.2) is 52.7 Å². The molecular weight excluding hydrogens is 863 g/mol. The maximum Gasteiger partial charge on any atom is 0.298 e. The standard InChI is InChI=1S/C15H13N3O.C14H10FN3O.C8H10N2O.C8H7N.C7H7NO2/c1-10-3-5-12(6-4-10)14-17-15(19-18-14)13-7-8-16-11(2)9-13;1-9-2-4-10(5-3-9)13-17-14(19-18-13)11-6-7-16-12(15)8-11;1-6-2-4-7(5-3-6)8(9)10-11;1-7-2-4-8(6-9)5-3-7;1-6-4-7(10-5-9)2-3-8-6/h3-9H,1-2H3;2-8H,1H3;2-5,11H,1H3,(H2,9,10);2-5H,1H3;2-5H,1H3/i;15-1;;;. The monoisotopic (exact) mass is 909 g/mol. The predicted octanol–water partition coefficient (Wildman–Crippen LogP) is 10.5. The summed E-state index contributed by atoms with van der Waals surface area (Å²) in [4.78, 5) is 30.1. The minimum atomic E-state index is -0.576. The fraction of sp³-hybridized carbons (Fsp3) is 0.115. The van der Waals surface area contributed by atoms with Crippen molar-refractivity contribution in [2.45, 2.75) is 41.5 Å². The Bertz CT molecular complexity index is 2930. The number of aryl methyl sites for hydroxylation is 6. The summed E-state index contributed by atoms with van der Waals surface area (Å²) in [5.41, 5.74) is 16.5. The van der Waals surface area contributed by atoms with E-state index in [4.69, 9.17) is 25.2 Å². The maximum absolute atomic E-state index is 13.0. The first-order valence-electron chi connectivity index (χ1n) is 20.7. The first kappa shape index (κ1) is 49.8. The van der Waals surface area contributed by atoms with Gasteiger partial charge >= 0.3 is 0 Å². The Morgan fingerprint density at radius 3 is 1.50 bits per heavy atom. The third-order valence-electron chi connectivity index (χ3n) is 9.28. The van der Waals surface area contributed by atoms with Gasteiger partial charge in [-0.1, -0.05) is 123 Å². The van der Waals surface area contributed by atoms with E-state index in [-0.39, 0.29) is 11.7 Å². The fourth-order valence-electron chi connectivity index (χ4n) is 5.59. The van der Waals surface area contributed by atoms with Gasteiger partial charge in [0, 0.05) is 69.9 Å². The highest BCUT2D eigenvalue weighted by Crippen LogP contribution is 2.24. The molecule has 0 spiro atoms. The molecule has 68 heavy (non-hydrogen) atoms. The molecule has 0 unspecified atom stereocenters. The number of carbonyl (C=O) groups excluding carboxylic acids is 1. The second-order valence-electron chi connectivity index (χ2n) is 14.8. The van der Waals surface area contributed by atoms with E-state index in [2.05, 4.69) is 51.2 Å². The third-order valence-corrected chi connectivity index (χ3v) is 9.28.